The minimum Gasteiger partial charge on any atom is -0.447 e. The molecule has 0 saturated heterocycles. The van der Waals surface area contributed by atoms with Crippen LogP contribution in [-0.2, 0) is 16.6 Å². The highest BCUT2D eigenvalue weighted by Gasteiger charge is 2.23. The van der Waals surface area contributed by atoms with Crippen molar-refractivity contribution in [3.05, 3.63) is 17.9 Å². The molecule has 116 valence electrons. The zero-order valence-electron chi connectivity index (χ0n) is 12.5. The molecule has 0 radical (unpaired) electrons. The highest BCUT2D eigenvalue weighted by molar-refractivity contribution is 7.88. The van der Waals surface area contributed by atoms with Gasteiger partial charge in [-0.1, -0.05) is 6.92 Å². The van der Waals surface area contributed by atoms with Gasteiger partial charge < -0.3 is 14.8 Å². The molecule has 7 heteroatoms. The van der Waals surface area contributed by atoms with Gasteiger partial charge in [-0.3, -0.25) is 0 Å². The monoisotopic (exact) mass is 304 g/mol. The SMILES string of the molecule is CCC(C)(CCO)NCc1ccc(S(=O)(=O)N(C)C)o1. The van der Waals surface area contributed by atoms with Gasteiger partial charge in [0, 0.05) is 26.2 Å². The third-order valence-corrected chi connectivity index (χ3v) is 5.19. The summed E-state index contributed by atoms with van der Waals surface area (Å²) in [5.41, 5.74) is -0.192. The molecule has 6 nitrogen and oxygen atoms in total. The standard InChI is InChI=1S/C13H24N2O4S/c1-5-13(2,8-9-16)14-10-11-6-7-12(19-11)20(17,18)15(3)4/h6-7,14,16H,5,8-10H2,1-4H3. The van der Waals surface area contributed by atoms with Gasteiger partial charge in [0.05, 0.1) is 6.54 Å². The third kappa shape index (κ3) is 4.05. The summed E-state index contributed by atoms with van der Waals surface area (Å²) in [4.78, 5) is 0. The molecule has 0 aromatic carbocycles. The molecule has 0 aliphatic rings. The van der Waals surface area contributed by atoms with Crippen molar-refractivity contribution >= 4 is 10.0 Å². The zero-order valence-corrected chi connectivity index (χ0v) is 13.3. The van der Waals surface area contributed by atoms with E-state index in [0.717, 1.165) is 10.7 Å². The van der Waals surface area contributed by atoms with E-state index in [1.165, 1.54) is 20.2 Å². The molecule has 1 rings (SSSR count). The summed E-state index contributed by atoms with van der Waals surface area (Å²) in [5.74, 6) is 0.558. The molecule has 0 saturated carbocycles. The van der Waals surface area contributed by atoms with Crippen molar-refractivity contribution in [1.29, 1.82) is 0 Å². The van der Waals surface area contributed by atoms with Crippen LogP contribution < -0.4 is 5.32 Å². The van der Waals surface area contributed by atoms with Gasteiger partial charge in [-0.15, -0.1) is 0 Å². The lowest BCUT2D eigenvalue weighted by molar-refractivity contribution is 0.210. The fraction of sp³-hybridized carbons (Fsp3) is 0.692. The maximum absolute atomic E-state index is 11.9. The predicted molar refractivity (Wildman–Crippen MR) is 76.8 cm³/mol. The molecular formula is C13H24N2O4S. The Balaban J connectivity index is 2.75. The van der Waals surface area contributed by atoms with Gasteiger partial charge in [-0.25, -0.2) is 12.7 Å². The summed E-state index contributed by atoms with van der Waals surface area (Å²) < 4.78 is 30.3. The van der Waals surface area contributed by atoms with E-state index in [4.69, 9.17) is 9.52 Å². The van der Waals surface area contributed by atoms with E-state index in [0.29, 0.717) is 18.7 Å². The zero-order chi connectivity index (χ0) is 15.4. The first-order valence-electron chi connectivity index (χ1n) is 6.62. The van der Waals surface area contributed by atoms with Gasteiger partial charge in [0.15, 0.2) is 0 Å². The first kappa shape index (κ1) is 17.2. The number of sulfonamides is 1. The van der Waals surface area contributed by atoms with Crippen molar-refractivity contribution in [3.8, 4) is 0 Å². The Morgan fingerprint density at radius 3 is 2.55 bits per heavy atom. The van der Waals surface area contributed by atoms with Gasteiger partial charge in [-0.2, -0.15) is 0 Å². The molecule has 20 heavy (non-hydrogen) atoms. The summed E-state index contributed by atoms with van der Waals surface area (Å²) in [6, 6.07) is 3.11. The molecule has 0 spiro atoms. The van der Waals surface area contributed by atoms with E-state index >= 15 is 0 Å². The van der Waals surface area contributed by atoms with Crippen molar-refractivity contribution in [2.24, 2.45) is 0 Å². The molecule has 2 N–H and O–H groups in total. The van der Waals surface area contributed by atoms with Crippen LogP contribution in [0.5, 0.6) is 0 Å². The first-order chi connectivity index (χ1) is 9.25. The van der Waals surface area contributed by atoms with E-state index in [9.17, 15) is 8.42 Å². The Labute approximate surface area is 120 Å². The molecule has 1 aromatic heterocycles. The van der Waals surface area contributed by atoms with Crippen LogP contribution in [0.2, 0.25) is 0 Å². The highest BCUT2D eigenvalue weighted by atomic mass is 32.2. The van der Waals surface area contributed by atoms with Crippen LogP contribution in [0.15, 0.2) is 21.6 Å². The summed E-state index contributed by atoms with van der Waals surface area (Å²) >= 11 is 0. The maximum atomic E-state index is 11.9. The van der Waals surface area contributed by atoms with E-state index in [1.807, 2.05) is 13.8 Å². The molecular weight excluding hydrogens is 280 g/mol. The van der Waals surface area contributed by atoms with Gasteiger partial charge in [0.1, 0.15) is 5.76 Å². The largest absolute Gasteiger partial charge is 0.447 e. The fourth-order valence-corrected chi connectivity index (χ4v) is 2.52. The second kappa shape index (κ2) is 6.71. The van der Waals surface area contributed by atoms with Crippen LogP contribution in [0.1, 0.15) is 32.4 Å². The van der Waals surface area contributed by atoms with Gasteiger partial charge in [-0.05, 0) is 31.9 Å². The molecule has 0 aliphatic carbocycles. The van der Waals surface area contributed by atoms with Crippen molar-refractivity contribution in [3.63, 3.8) is 0 Å². The summed E-state index contributed by atoms with van der Waals surface area (Å²) in [6.45, 7) is 4.58. The number of furan rings is 1. The van der Waals surface area contributed by atoms with Crippen molar-refractivity contribution < 1.29 is 17.9 Å². The number of aliphatic hydroxyl groups is 1. The van der Waals surface area contributed by atoms with Crippen LogP contribution in [0, 0.1) is 0 Å². The first-order valence-corrected chi connectivity index (χ1v) is 8.06. The minimum atomic E-state index is -3.53. The summed E-state index contributed by atoms with van der Waals surface area (Å²) in [5, 5.41) is 12.3. The topological polar surface area (TPSA) is 82.8 Å². The number of nitrogens with one attached hydrogen (secondary N) is 1. The van der Waals surface area contributed by atoms with Crippen LogP contribution in [0.3, 0.4) is 0 Å². The number of hydrogen-bond acceptors (Lipinski definition) is 5. The Morgan fingerprint density at radius 1 is 1.40 bits per heavy atom. The van der Waals surface area contributed by atoms with Crippen LogP contribution in [0.4, 0.5) is 0 Å². The third-order valence-electron chi connectivity index (χ3n) is 3.51. The molecule has 1 heterocycles. The quantitative estimate of drug-likeness (QED) is 0.753. The average molecular weight is 304 g/mol. The molecule has 0 aliphatic heterocycles. The number of hydrogen-bond donors (Lipinski definition) is 2. The van der Waals surface area contributed by atoms with Crippen molar-refractivity contribution in [2.75, 3.05) is 20.7 Å². The second-order valence-electron chi connectivity index (χ2n) is 5.25. The fourth-order valence-electron chi connectivity index (χ4n) is 1.71. The summed E-state index contributed by atoms with van der Waals surface area (Å²) in [7, 11) is -0.600. The normalized spacial score (nSPS) is 15.5. The van der Waals surface area contributed by atoms with E-state index in [1.54, 1.807) is 6.07 Å². The molecule has 0 fully saturated rings. The molecule has 1 aromatic rings. The predicted octanol–water partition coefficient (Wildman–Crippen LogP) is 1.17. The smallest absolute Gasteiger partial charge is 0.275 e. The number of nitrogens with zero attached hydrogens (tertiary/aromatic N) is 1. The molecule has 1 atom stereocenters. The molecule has 1 unspecified atom stereocenters. The average Bonchev–Trinajstić information content (AvgIpc) is 2.86. The minimum absolute atomic E-state index is 0.0559. The maximum Gasteiger partial charge on any atom is 0.275 e. The van der Waals surface area contributed by atoms with Gasteiger partial charge >= 0.3 is 0 Å². The molecule has 0 amide bonds. The Morgan fingerprint density at radius 2 is 2.05 bits per heavy atom. The Kier molecular flexibility index (Phi) is 5.76. The van der Waals surface area contributed by atoms with Crippen LogP contribution in [0.25, 0.3) is 0 Å². The lowest BCUT2D eigenvalue weighted by Gasteiger charge is -2.28. The lowest BCUT2D eigenvalue weighted by Crippen LogP contribution is -2.41. The van der Waals surface area contributed by atoms with Crippen LogP contribution >= 0.6 is 0 Å². The highest BCUT2D eigenvalue weighted by Crippen LogP contribution is 2.19. The van der Waals surface area contributed by atoms with Crippen molar-refractivity contribution in [2.45, 2.75) is 43.9 Å². The van der Waals surface area contributed by atoms with E-state index in [-0.39, 0.29) is 17.2 Å². The second-order valence-corrected chi connectivity index (χ2v) is 7.33. The van der Waals surface area contributed by atoms with E-state index in [2.05, 4.69) is 5.32 Å². The van der Waals surface area contributed by atoms with Gasteiger partial charge in [0.2, 0.25) is 5.09 Å². The van der Waals surface area contributed by atoms with Crippen molar-refractivity contribution in [1.82, 2.24) is 9.62 Å². The van der Waals surface area contributed by atoms with Gasteiger partial charge in [0.25, 0.3) is 10.0 Å². The lowest BCUT2D eigenvalue weighted by atomic mass is 9.95. The number of rotatable bonds is 8. The van der Waals surface area contributed by atoms with Crippen LogP contribution in [-0.4, -0.2) is 44.1 Å². The Bertz CT molecular complexity index is 524. The summed E-state index contributed by atoms with van der Waals surface area (Å²) in [6.07, 6.45) is 1.49. The van der Waals surface area contributed by atoms with E-state index < -0.39 is 10.0 Å². The number of aliphatic hydroxyl groups excluding tert-OH is 1. The Hall–Kier alpha value is -0.890. The molecule has 0 bridgehead atoms.